The summed E-state index contributed by atoms with van der Waals surface area (Å²) in [6.07, 6.45) is 2.92. The van der Waals surface area contributed by atoms with Crippen LogP contribution in [-0.2, 0) is 15.8 Å². The molecule has 2 aromatic heterocycles. The second kappa shape index (κ2) is 6.37. The van der Waals surface area contributed by atoms with Gasteiger partial charge >= 0.3 is 0 Å². The zero-order chi connectivity index (χ0) is 18.2. The zero-order valence-electron chi connectivity index (χ0n) is 13.9. The SMILES string of the molecule is O=C(NCC(O)(c1ccsc1)c1ccco1)C1(c2ccc(F)cc2)CC1. The molecule has 1 aliphatic carbocycles. The number of furan rings is 1. The van der Waals surface area contributed by atoms with E-state index in [-0.39, 0.29) is 18.3 Å². The van der Waals surface area contributed by atoms with Gasteiger partial charge in [-0.15, -0.1) is 0 Å². The Bertz CT molecular complexity index is 850. The second-order valence-electron chi connectivity index (χ2n) is 6.62. The van der Waals surface area contributed by atoms with E-state index < -0.39 is 11.0 Å². The molecule has 1 amide bonds. The summed E-state index contributed by atoms with van der Waals surface area (Å²) in [5.41, 5.74) is -0.595. The molecule has 26 heavy (non-hydrogen) atoms. The molecule has 0 aliphatic heterocycles. The van der Waals surface area contributed by atoms with E-state index in [2.05, 4.69) is 5.32 Å². The largest absolute Gasteiger partial charge is 0.466 e. The molecule has 134 valence electrons. The number of halogens is 1. The highest BCUT2D eigenvalue weighted by atomic mass is 32.1. The van der Waals surface area contributed by atoms with E-state index >= 15 is 0 Å². The van der Waals surface area contributed by atoms with E-state index in [9.17, 15) is 14.3 Å². The van der Waals surface area contributed by atoms with E-state index in [4.69, 9.17) is 4.42 Å². The molecular formula is C20H18FNO3S. The average molecular weight is 371 g/mol. The Kier molecular flexibility index (Phi) is 4.17. The van der Waals surface area contributed by atoms with Gasteiger partial charge in [-0.25, -0.2) is 4.39 Å². The molecule has 1 aromatic carbocycles. The summed E-state index contributed by atoms with van der Waals surface area (Å²) in [5, 5.41) is 17.8. The first-order chi connectivity index (χ1) is 12.5. The lowest BCUT2D eigenvalue weighted by molar-refractivity contribution is -0.124. The fraction of sp³-hybridized carbons (Fsp3) is 0.250. The summed E-state index contributed by atoms with van der Waals surface area (Å²) in [5.74, 6) is -0.109. The summed E-state index contributed by atoms with van der Waals surface area (Å²) in [6.45, 7) is -0.000968. The van der Waals surface area contributed by atoms with Crippen molar-refractivity contribution in [1.29, 1.82) is 0 Å². The minimum atomic E-state index is -1.43. The molecule has 2 heterocycles. The van der Waals surface area contributed by atoms with Gasteiger partial charge < -0.3 is 14.8 Å². The number of hydrogen-bond donors (Lipinski definition) is 2. The Balaban J connectivity index is 1.55. The third kappa shape index (κ3) is 2.85. The molecule has 3 aromatic rings. The molecule has 1 atom stereocenters. The van der Waals surface area contributed by atoms with Crippen LogP contribution in [0.25, 0.3) is 0 Å². The van der Waals surface area contributed by atoms with Crippen LogP contribution < -0.4 is 5.32 Å². The van der Waals surface area contributed by atoms with Crippen LogP contribution in [0.5, 0.6) is 0 Å². The van der Waals surface area contributed by atoms with Crippen LogP contribution in [0, 0.1) is 5.82 Å². The highest BCUT2D eigenvalue weighted by Crippen LogP contribution is 2.48. The van der Waals surface area contributed by atoms with Crippen LogP contribution in [0.1, 0.15) is 29.7 Å². The topological polar surface area (TPSA) is 62.5 Å². The number of nitrogens with one attached hydrogen (secondary N) is 1. The van der Waals surface area contributed by atoms with E-state index in [0.29, 0.717) is 24.2 Å². The van der Waals surface area contributed by atoms with Gasteiger partial charge in [0.2, 0.25) is 5.91 Å². The van der Waals surface area contributed by atoms with E-state index in [1.165, 1.54) is 29.7 Å². The van der Waals surface area contributed by atoms with Crippen LogP contribution >= 0.6 is 11.3 Å². The summed E-state index contributed by atoms with van der Waals surface area (Å²) in [6, 6.07) is 11.2. The maximum atomic E-state index is 13.2. The fourth-order valence-electron chi connectivity index (χ4n) is 3.26. The minimum absolute atomic E-state index is 0.000968. The van der Waals surface area contributed by atoms with Crippen LogP contribution in [0.2, 0.25) is 0 Å². The van der Waals surface area contributed by atoms with Crippen molar-refractivity contribution in [3.63, 3.8) is 0 Å². The standard InChI is InChI=1S/C20H18FNO3S/c21-16-5-3-14(4-6-16)19(8-9-19)18(23)22-13-20(24,15-7-11-26-12-15)17-2-1-10-25-17/h1-7,10-12,24H,8-9,13H2,(H,22,23). The normalized spacial score (nSPS) is 17.5. The number of hydrogen-bond acceptors (Lipinski definition) is 4. The first-order valence-corrected chi connectivity index (χ1v) is 9.32. The van der Waals surface area contributed by atoms with Gasteiger partial charge in [0.15, 0.2) is 5.60 Å². The van der Waals surface area contributed by atoms with Crippen molar-refractivity contribution in [3.05, 3.63) is 82.2 Å². The molecule has 1 saturated carbocycles. The first-order valence-electron chi connectivity index (χ1n) is 8.38. The molecule has 0 saturated heterocycles. The van der Waals surface area contributed by atoms with E-state index in [1.807, 2.05) is 16.8 Å². The summed E-state index contributed by atoms with van der Waals surface area (Å²) in [7, 11) is 0. The van der Waals surface area contributed by atoms with Gasteiger partial charge in [-0.1, -0.05) is 12.1 Å². The summed E-state index contributed by atoms with van der Waals surface area (Å²) in [4.78, 5) is 12.9. The predicted octanol–water partition coefficient (Wildman–Crippen LogP) is 3.56. The monoisotopic (exact) mass is 371 g/mol. The Morgan fingerprint density at radius 1 is 1.27 bits per heavy atom. The smallest absolute Gasteiger partial charge is 0.230 e. The quantitative estimate of drug-likeness (QED) is 0.696. The first kappa shape index (κ1) is 17.0. The third-order valence-corrected chi connectivity index (χ3v) is 5.70. The summed E-state index contributed by atoms with van der Waals surface area (Å²) >= 11 is 1.46. The Morgan fingerprint density at radius 2 is 2.04 bits per heavy atom. The van der Waals surface area contributed by atoms with Gasteiger partial charge in [0, 0.05) is 5.56 Å². The fourth-order valence-corrected chi connectivity index (χ4v) is 3.99. The Labute approximate surface area is 154 Å². The van der Waals surface area contributed by atoms with Gasteiger partial charge in [0.25, 0.3) is 0 Å². The number of rotatable bonds is 6. The van der Waals surface area contributed by atoms with Crippen molar-refractivity contribution in [2.45, 2.75) is 23.9 Å². The van der Waals surface area contributed by atoms with E-state index in [1.54, 1.807) is 24.3 Å². The van der Waals surface area contributed by atoms with Crippen LogP contribution in [-0.4, -0.2) is 17.6 Å². The number of aliphatic hydroxyl groups is 1. The molecule has 1 unspecified atom stereocenters. The van der Waals surface area contributed by atoms with Gasteiger partial charge in [-0.2, -0.15) is 11.3 Å². The van der Waals surface area contributed by atoms with Gasteiger partial charge in [-0.05, 0) is 59.5 Å². The molecule has 1 aliphatic rings. The van der Waals surface area contributed by atoms with Crippen LogP contribution in [0.4, 0.5) is 4.39 Å². The van der Waals surface area contributed by atoms with Crippen molar-refractivity contribution in [1.82, 2.24) is 5.32 Å². The van der Waals surface area contributed by atoms with Crippen molar-refractivity contribution in [3.8, 4) is 0 Å². The molecule has 0 radical (unpaired) electrons. The van der Waals surface area contributed by atoms with Crippen molar-refractivity contribution in [2.24, 2.45) is 0 Å². The Morgan fingerprint density at radius 3 is 2.62 bits per heavy atom. The van der Waals surface area contributed by atoms with Crippen molar-refractivity contribution in [2.75, 3.05) is 6.54 Å². The number of carbonyl (C=O) groups excluding carboxylic acids is 1. The molecule has 0 spiro atoms. The second-order valence-corrected chi connectivity index (χ2v) is 7.40. The Hall–Kier alpha value is -2.44. The molecule has 6 heteroatoms. The molecule has 2 N–H and O–H groups in total. The van der Waals surface area contributed by atoms with Crippen LogP contribution in [0.15, 0.2) is 63.9 Å². The molecule has 1 fully saturated rings. The molecule has 4 nitrogen and oxygen atoms in total. The van der Waals surface area contributed by atoms with Crippen molar-refractivity contribution >= 4 is 17.2 Å². The number of carbonyl (C=O) groups is 1. The predicted molar refractivity (Wildman–Crippen MR) is 96.3 cm³/mol. The van der Waals surface area contributed by atoms with Gasteiger partial charge in [0.05, 0.1) is 18.2 Å². The number of amides is 1. The van der Waals surface area contributed by atoms with E-state index in [0.717, 1.165) is 5.56 Å². The minimum Gasteiger partial charge on any atom is -0.466 e. The molecule has 0 bridgehead atoms. The third-order valence-electron chi connectivity index (χ3n) is 5.01. The lowest BCUT2D eigenvalue weighted by Gasteiger charge is -2.27. The number of thiophene rings is 1. The maximum absolute atomic E-state index is 13.2. The van der Waals surface area contributed by atoms with Gasteiger partial charge in [0.1, 0.15) is 11.6 Å². The zero-order valence-corrected chi connectivity index (χ0v) is 14.8. The lowest BCUT2D eigenvalue weighted by atomic mass is 9.91. The average Bonchev–Trinajstić information content (AvgIpc) is 3.08. The van der Waals surface area contributed by atoms with Crippen molar-refractivity contribution < 1.29 is 18.7 Å². The number of benzene rings is 1. The molecule has 4 rings (SSSR count). The highest BCUT2D eigenvalue weighted by molar-refractivity contribution is 7.08. The highest BCUT2D eigenvalue weighted by Gasteiger charge is 2.51. The van der Waals surface area contributed by atoms with Crippen LogP contribution in [0.3, 0.4) is 0 Å². The lowest BCUT2D eigenvalue weighted by Crippen LogP contribution is -2.44. The molecular weight excluding hydrogens is 353 g/mol. The van der Waals surface area contributed by atoms with Gasteiger partial charge in [-0.3, -0.25) is 4.79 Å². The maximum Gasteiger partial charge on any atom is 0.230 e. The summed E-state index contributed by atoms with van der Waals surface area (Å²) < 4.78 is 18.6.